The number of hydrogen-bond acceptors (Lipinski definition) is 6. The summed E-state index contributed by atoms with van der Waals surface area (Å²) in [5, 5.41) is 19.8. The van der Waals surface area contributed by atoms with E-state index in [0.717, 1.165) is 0 Å². The van der Waals surface area contributed by atoms with Gasteiger partial charge in [0.1, 0.15) is 0 Å². The molecule has 138 valence electrons. The fourth-order valence-electron chi connectivity index (χ4n) is 3.36. The number of aliphatic hydroxyl groups is 2. The summed E-state index contributed by atoms with van der Waals surface area (Å²) in [6.07, 6.45) is 0.474. The summed E-state index contributed by atoms with van der Waals surface area (Å²) < 4.78 is 0. The number of amides is 2. The molecule has 0 aliphatic carbocycles. The van der Waals surface area contributed by atoms with E-state index in [4.69, 9.17) is 4.84 Å². The summed E-state index contributed by atoms with van der Waals surface area (Å²) >= 11 is 0. The highest BCUT2D eigenvalue weighted by Gasteiger charge is 2.53. The Morgan fingerprint density at radius 3 is 2.04 bits per heavy atom. The summed E-state index contributed by atoms with van der Waals surface area (Å²) in [6, 6.07) is 0. The molecular formula is C17H29NO6. The van der Waals surface area contributed by atoms with Crippen LogP contribution in [0, 0.1) is 22.7 Å². The van der Waals surface area contributed by atoms with Gasteiger partial charge in [0.25, 0.3) is 11.8 Å². The third-order valence-electron chi connectivity index (χ3n) is 5.86. The molecule has 7 heteroatoms. The molecule has 0 bridgehead atoms. The zero-order valence-electron chi connectivity index (χ0n) is 15.2. The van der Waals surface area contributed by atoms with Gasteiger partial charge in [0.2, 0.25) is 0 Å². The molecule has 3 atom stereocenters. The lowest BCUT2D eigenvalue weighted by atomic mass is 9.56. The Morgan fingerprint density at radius 1 is 1.17 bits per heavy atom. The van der Waals surface area contributed by atoms with Crippen LogP contribution in [0.1, 0.15) is 53.9 Å². The predicted molar refractivity (Wildman–Crippen MR) is 86.2 cm³/mol. The van der Waals surface area contributed by atoms with E-state index in [2.05, 4.69) is 0 Å². The van der Waals surface area contributed by atoms with Gasteiger partial charge in [0, 0.05) is 26.1 Å². The Morgan fingerprint density at radius 2 is 1.67 bits per heavy atom. The average molecular weight is 343 g/mol. The van der Waals surface area contributed by atoms with Gasteiger partial charge in [-0.3, -0.25) is 9.59 Å². The number of rotatable bonds is 8. The van der Waals surface area contributed by atoms with Crippen LogP contribution in [0.2, 0.25) is 0 Å². The Balaban J connectivity index is 3.11. The average Bonchev–Trinajstić information content (AvgIpc) is 2.85. The molecule has 2 amide bonds. The van der Waals surface area contributed by atoms with E-state index in [1.165, 1.54) is 0 Å². The van der Waals surface area contributed by atoms with Crippen molar-refractivity contribution in [3.63, 3.8) is 0 Å². The number of imide groups is 1. The first-order valence-corrected chi connectivity index (χ1v) is 8.36. The Bertz CT molecular complexity index is 487. The molecular weight excluding hydrogens is 314 g/mol. The van der Waals surface area contributed by atoms with Crippen molar-refractivity contribution in [3.8, 4) is 0 Å². The van der Waals surface area contributed by atoms with Crippen LogP contribution >= 0.6 is 0 Å². The molecule has 1 aliphatic heterocycles. The number of carbonyl (C=O) groups excluding carboxylic acids is 3. The van der Waals surface area contributed by atoms with E-state index in [9.17, 15) is 24.6 Å². The van der Waals surface area contributed by atoms with Gasteiger partial charge >= 0.3 is 5.97 Å². The van der Waals surface area contributed by atoms with E-state index in [1.54, 1.807) is 13.8 Å². The quantitative estimate of drug-likeness (QED) is 0.643. The molecule has 3 unspecified atom stereocenters. The second-order valence-electron chi connectivity index (χ2n) is 7.32. The molecule has 7 nitrogen and oxygen atoms in total. The molecule has 1 saturated heterocycles. The van der Waals surface area contributed by atoms with E-state index >= 15 is 0 Å². The summed E-state index contributed by atoms with van der Waals surface area (Å²) in [5.41, 5.74) is -1.78. The smallest absolute Gasteiger partial charge is 0.339 e. The maximum Gasteiger partial charge on any atom is 0.339 e. The highest BCUT2D eigenvalue weighted by molar-refractivity contribution is 6.01. The first-order chi connectivity index (χ1) is 11.1. The predicted octanol–water partition coefficient (Wildman–Crippen LogP) is 1.27. The lowest BCUT2D eigenvalue weighted by Crippen LogP contribution is -2.52. The van der Waals surface area contributed by atoms with Crippen molar-refractivity contribution in [1.29, 1.82) is 0 Å². The maximum atomic E-state index is 12.8. The zero-order valence-corrected chi connectivity index (χ0v) is 15.2. The standard InChI is InChI=1S/C17H29NO6/c1-6-17(5,16(3,4)12(10-20)11(2)9-19)15(23)24-18-13(21)7-8-14(18)22/h11-12,19-20H,6-10H2,1-5H3. The van der Waals surface area contributed by atoms with Crippen LogP contribution in [0.3, 0.4) is 0 Å². The minimum absolute atomic E-state index is 0.0408. The van der Waals surface area contributed by atoms with Crippen LogP contribution in [0.5, 0.6) is 0 Å². The van der Waals surface area contributed by atoms with Crippen molar-refractivity contribution in [2.75, 3.05) is 13.2 Å². The molecule has 0 aromatic heterocycles. The monoisotopic (exact) mass is 343 g/mol. The van der Waals surface area contributed by atoms with Crippen molar-refractivity contribution in [1.82, 2.24) is 5.06 Å². The summed E-state index contributed by atoms with van der Waals surface area (Å²) in [6.45, 7) is 8.67. The second-order valence-corrected chi connectivity index (χ2v) is 7.32. The van der Waals surface area contributed by atoms with Gasteiger partial charge in [-0.1, -0.05) is 27.7 Å². The second kappa shape index (κ2) is 7.61. The lowest BCUT2D eigenvalue weighted by Gasteiger charge is -2.48. The normalized spacial score (nSPS) is 20.7. The van der Waals surface area contributed by atoms with Gasteiger partial charge in [-0.05, 0) is 30.6 Å². The number of aliphatic hydroxyl groups excluding tert-OH is 2. The van der Waals surface area contributed by atoms with Crippen molar-refractivity contribution in [2.24, 2.45) is 22.7 Å². The van der Waals surface area contributed by atoms with Crippen LogP contribution in [-0.2, 0) is 19.2 Å². The molecule has 1 aliphatic rings. The van der Waals surface area contributed by atoms with Crippen LogP contribution in [0.4, 0.5) is 0 Å². The molecule has 1 fully saturated rings. The molecule has 1 heterocycles. The Hall–Kier alpha value is -1.47. The largest absolute Gasteiger partial charge is 0.396 e. The van der Waals surface area contributed by atoms with E-state index in [-0.39, 0.29) is 37.9 Å². The number of hydroxylamine groups is 2. The third-order valence-corrected chi connectivity index (χ3v) is 5.86. The van der Waals surface area contributed by atoms with Gasteiger partial charge < -0.3 is 15.1 Å². The minimum Gasteiger partial charge on any atom is -0.396 e. The van der Waals surface area contributed by atoms with Crippen LogP contribution in [-0.4, -0.2) is 46.3 Å². The summed E-state index contributed by atoms with van der Waals surface area (Å²) in [7, 11) is 0. The minimum atomic E-state index is -1.05. The molecule has 1 rings (SSSR count). The van der Waals surface area contributed by atoms with Gasteiger partial charge in [-0.15, -0.1) is 5.06 Å². The van der Waals surface area contributed by atoms with Crippen molar-refractivity contribution in [3.05, 3.63) is 0 Å². The third kappa shape index (κ3) is 3.47. The number of carbonyl (C=O) groups is 3. The highest BCUT2D eigenvalue weighted by Crippen LogP contribution is 2.50. The lowest BCUT2D eigenvalue weighted by molar-refractivity contribution is -0.213. The summed E-state index contributed by atoms with van der Waals surface area (Å²) in [5.74, 6) is -2.30. The molecule has 0 saturated carbocycles. The summed E-state index contributed by atoms with van der Waals surface area (Å²) in [4.78, 5) is 41.3. The van der Waals surface area contributed by atoms with E-state index in [0.29, 0.717) is 11.5 Å². The first-order valence-electron chi connectivity index (χ1n) is 8.36. The van der Waals surface area contributed by atoms with Crippen LogP contribution < -0.4 is 0 Å². The Labute approximate surface area is 142 Å². The number of hydrogen-bond donors (Lipinski definition) is 2. The fraction of sp³-hybridized carbons (Fsp3) is 0.824. The number of nitrogens with zero attached hydrogens (tertiary/aromatic N) is 1. The van der Waals surface area contributed by atoms with E-state index in [1.807, 2.05) is 20.8 Å². The Kier molecular flexibility index (Phi) is 6.52. The van der Waals surface area contributed by atoms with Crippen LogP contribution in [0.15, 0.2) is 0 Å². The fourth-order valence-corrected chi connectivity index (χ4v) is 3.36. The zero-order chi connectivity index (χ0) is 18.7. The van der Waals surface area contributed by atoms with Gasteiger partial charge in [0.05, 0.1) is 5.41 Å². The topological polar surface area (TPSA) is 104 Å². The van der Waals surface area contributed by atoms with Gasteiger partial charge in [-0.2, -0.15) is 0 Å². The molecule has 0 aromatic rings. The first kappa shape index (κ1) is 20.6. The molecule has 0 aromatic carbocycles. The van der Waals surface area contributed by atoms with Crippen molar-refractivity contribution >= 4 is 17.8 Å². The molecule has 0 spiro atoms. The van der Waals surface area contributed by atoms with Gasteiger partial charge in [-0.25, -0.2) is 4.79 Å². The van der Waals surface area contributed by atoms with Crippen LogP contribution in [0.25, 0.3) is 0 Å². The molecule has 2 N–H and O–H groups in total. The van der Waals surface area contributed by atoms with E-state index < -0.39 is 28.6 Å². The highest BCUT2D eigenvalue weighted by atomic mass is 16.7. The molecule has 24 heavy (non-hydrogen) atoms. The molecule has 0 radical (unpaired) electrons. The van der Waals surface area contributed by atoms with Crippen molar-refractivity contribution < 1.29 is 29.4 Å². The SMILES string of the molecule is CCC(C)(C(=O)ON1C(=O)CCC1=O)C(C)(C)C(CO)C(C)CO. The maximum absolute atomic E-state index is 12.8. The van der Waals surface area contributed by atoms with Gasteiger partial charge in [0.15, 0.2) is 0 Å². The van der Waals surface area contributed by atoms with Crippen molar-refractivity contribution in [2.45, 2.75) is 53.9 Å².